The van der Waals surface area contributed by atoms with Crippen LogP contribution in [0.3, 0.4) is 0 Å². The molecule has 1 saturated heterocycles. The number of pyridine rings is 1. The van der Waals surface area contributed by atoms with Crippen LogP contribution in [0.15, 0.2) is 67.1 Å². The number of aromatic nitrogens is 5. The number of rotatable bonds is 5. The van der Waals surface area contributed by atoms with Gasteiger partial charge in [-0.25, -0.2) is 15.0 Å². The normalized spacial score (nSPS) is 15.7. The summed E-state index contributed by atoms with van der Waals surface area (Å²) >= 11 is 0. The third kappa shape index (κ3) is 4.77. The lowest BCUT2D eigenvalue weighted by atomic mass is 9.89. The Hall–Kier alpha value is -4.07. The summed E-state index contributed by atoms with van der Waals surface area (Å²) in [6.45, 7) is 1.31. The van der Waals surface area contributed by atoms with E-state index in [1.165, 1.54) is 0 Å². The molecule has 178 valence electrons. The average Bonchev–Trinajstić information content (AvgIpc) is 3.35. The van der Waals surface area contributed by atoms with Gasteiger partial charge in [0.15, 0.2) is 0 Å². The Morgan fingerprint density at radius 3 is 2.57 bits per heavy atom. The Morgan fingerprint density at radius 2 is 1.83 bits per heavy atom. The van der Waals surface area contributed by atoms with Gasteiger partial charge in [-0.05, 0) is 30.5 Å². The minimum absolute atomic E-state index is 0.0522. The molecule has 1 atom stereocenters. The van der Waals surface area contributed by atoms with Crippen LogP contribution in [0.5, 0.6) is 0 Å². The van der Waals surface area contributed by atoms with Crippen LogP contribution >= 0.6 is 0 Å². The van der Waals surface area contributed by atoms with Crippen LogP contribution in [0.1, 0.15) is 34.9 Å². The van der Waals surface area contributed by atoms with Crippen molar-refractivity contribution in [3.05, 3.63) is 78.5 Å². The van der Waals surface area contributed by atoms with Crippen molar-refractivity contribution < 1.29 is 4.79 Å². The molecule has 3 aromatic heterocycles. The Kier molecular flexibility index (Phi) is 6.27. The zero-order valence-electron chi connectivity index (χ0n) is 20.3. The zero-order valence-corrected chi connectivity index (χ0v) is 20.3. The summed E-state index contributed by atoms with van der Waals surface area (Å²) < 4.78 is 1.73. The number of anilines is 1. The minimum atomic E-state index is -0.0522. The molecule has 1 fully saturated rings. The van der Waals surface area contributed by atoms with Crippen molar-refractivity contribution in [3.63, 3.8) is 0 Å². The first-order chi connectivity index (χ1) is 17.0. The highest BCUT2D eigenvalue weighted by molar-refractivity contribution is 5.93. The molecule has 1 aliphatic rings. The van der Waals surface area contributed by atoms with Crippen LogP contribution in [0.4, 0.5) is 5.95 Å². The number of carbonyl (C=O) groups is 1. The van der Waals surface area contributed by atoms with Crippen molar-refractivity contribution >= 4 is 11.9 Å². The van der Waals surface area contributed by atoms with E-state index < -0.39 is 0 Å². The number of likely N-dealkylation sites (tertiary alicyclic amines) is 1. The molecule has 1 aliphatic heterocycles. The molecule has 1 unspecified atom stereocenters. The highest BCUT2D eigenvalue weighted by Crippen LogP contribution is 2.34. The standard InChI is InChI=1S/C27H29N7O/c1-32(2)27-28-16-22(19-9-5-4-6-10-19)25(31-27)20-11-8-14-34(18-20)26(35)24-13-7-12-23(30-24)21-15-29-33(3)17-21/h4-7,9-10,12-13,15-17,20H,8,11,14,18H2,1-3H3. The smallest absolute Gasteiger partial charge is 0.272 e. The number of amides is 1. The van der Waals surface area contributed by atoms with Gasteiger partial charge in [-0.3, -0.25) is 9.48 Å². The zero-order chi connectivity index (χ0) is 24.4. The van der Waals surface area contributed by atoms with Gasteiger partial charge in [0, 0.05) is 63.7 Å². The maximum Gasteiger partial charge on any atom is 0.272 e. The summed E-state index contributed by atoms with van der Waals surface area (Å²) in [5.41, 5.74) is 5.18. The average molecular weight is 468 g/mol. The van der Waals surface area contributed by atoms with E-state index in [-0.39, 0.29) is 11.8 Å². The van der Waals surface area contributed by atoms with E-state index in [4.69, 9.17) is 4.98 Å². The maximum absolute atomic E-state index is 13.5. The summed E-state index contributed by atoms with van der Waals surface area (Å²) in [5.74, 6) is 0.740. The molecule has 1 aromatic carbocycles. The predicted molar refractivity (Wildman–Crippen MR) is 136 cm³/mol. The van der Waals surface area contributed by atoms with E-state index >= 15 is 0 Å². The molecule has 35 heavy (non-hydrogen) atoms. The molecule has 0 radical (unpaired) electrons. The van der Waals surface area contributed by atoms with Gasteiger partial charge in [0.2, 0.25) is 5.95 Å². The second-order valence-corrected chi connectivity index (χ2v) is 9.13. The molecule has 0 aliphatic carbocycles. The lowest BCUT2D eigenvalue weighted by Crippen LogP contribution is -2.40. The van der Waals surface area contributed by atoms with E-state index in [0.717, 1.165) is 40.9 Å². The quantitative estimate of drug-likeness (QED) is 0.441. The third-order valence-corrected chi connectivity index (χ3v) is 6.35. The Morgan fingerprint density at radius 1 is 1.00 bits per heavy atom. The minimum Gasteiger partial charge on any atom is -0.347 e. The molecule has 8 nitrogen and oxygen atoms in total. The maximum atomic E-state index is 13.5. The molecular weight excluding hydrogens is 438 g/mol. The van der Waals surface area contributed by atoms with Gasteiger partial charge in [0.25, 0.3) is 5.91 Å². The molecule has 4 aromatic rings. The van der Waals surface area contributed by atoms with Crippen LogP contribution in [0.25, 0.3) is 22.4 Å². The van der Waals surface area contributed by atoms with E-state index in [1.54, 1.807) is 16.9 Å². The van der Waals surface area contributed by atoms with Gasteiger partial charge in [0.1, 0.15) is 5.69 Å². The van der Waals surface area contributed by atoms with Crippen LogP contribution in [-0.2, 0) is 7.05 Å². The topological polar surface area (TPSA) is 80.0 Å². The fourth-order valence-electron chi connectivity index (χ4n) is 4.57. The van der Waals surface area contributed by atoms with Crippen molar-refractivity contribution in [2.45, 2.75) is 18.8 Å². The first-order valence-corrected chi connectivity index (χ1v) is 11.8. The van der Waals surface area contributed by atoms with E-state index in [0.29, 0.717) is 24.7 Å². The molecule has 0 bridgehead atoms. The SMILES string of the molecule is CN(C)c1ncc(-c2ccccc2)c(C2CCCN(C(=O)c3cccc(-c4cnn(C)c4)n3)C2)n1. The summed E-state index contributed by atoms with van der Waals surface area (Å²) in [6, 6.07) is 15.8. The van der Waals surface area contributed by atoms with Crippen LogP contribution < -0.4 is 4.90 Å². The summed E-state index contributed by atoms with van der Waals surface area (Å²) in [7, 11) is 5.75. The highest BCUT2D eigenvalue weighted by atomic mass is 16.2. The molecule has 5 rings (SSSR count). The fourth-order valence-corrected chi connectivity index (χ4v) is 4.57. The number of benzene rings is 1. The summed E-state index contributed by atoms with van der Waals surface area (Å²) in [6.07, 6.45) is 7.45. The Labute approximate surface area is 205 Å². The molecule has 0 N–H and O–H groups in total. The Bertz CT molecular complexity index is 1330. The summed E-state index contributed by atoms with van der Waals surface area (Å²) in [4.78, 5) is 31.5. The first-order valence-electron chi connectivity index (χ1n) is 11.8. The number of hydrogen-bond donors (Lipinski definition) is 0. The Balaban J connectivity index is 1.44. The van der Waals surface area contributed by atoms with Crippen molar-refractivity contribution in [2.24, 2.45) is 7.05 Å². The van der Waals surface area contributed by atoms with Crippen molar-refractivity contribution in [1.82, 2.24) is 29.6 Å². The van der Waals surface area contributed by atoms with Crippen molar-refractivity contribution in [1.29, 1.82) is 0 Å². The lowest BCUT2D eigenvalue weighted by Gasteiger charge is -2.33. The van der Waals surface area contributed by atoms with E-state index in [1.807, 2.05) is 73.7 Å². The number of nitrogens with zero attached hydrogens (tertiary/aromatic N) is 7. The van der Waals surface area contributed by atoms with Crippen LogP contribution in [-0.4, -0.2) is 62.7 Å². The highest BCUT2D eigenvalue weighted by Gasteiger charge is 2.29. The number of piperidine rings is 1. The first kappa shape index (κ1) is 22.7. The van der Waals surface area contributed by atoms with E-state index in [9.17, 15) is 4.79 Å². The van der Waals surface area contributed by atoms with Gasteiger partial charge in [-0.1, -0.05) is 36.4 Å². The largest absolute Gasteiger partial charge is 0.347 e. The van der Waals surface area contributed by atoms with Gasteiger partial charge >= 0.3 is 0 Å². The monoisotopic (exact) mass is 467 g/mol. The predicted octanol–water partition coefficient (Wildman–Crippen LogP) is 4.02. The van der Waals surface area contributed by atoms with E-state index in [2.05, 4.69) is 27.2 Å². The third-order valence-electron chi connectivity index (χ3n) is 6.35. The molecule has 4 heterocycles. The number of hydrogen-bond acceptors (Lipinski definition) is 6. The van der Waals surface area contributed by atoms with Crippen LogP contribution in [0.2, 0.25) is 0 Å². The lowest BCUT2D eigenvalue weighted by molar-refractivity contribution is 0.0700. The molecule has 1 amide bonds. The second-order valence-electron chi connectivity index (χ2n) is 9.13. The van der Waals surface area contributed by atoms with Crippen LogP contribution in [0, 0.1) is 0 Å². The molecular formula is C27H29N7O. The van der Waals surface area contributed by atoms with Gasteiger partial charge < -0.3 is 9.80 Å². The molecule has 8 heteroatoms. The van der Waals surface area contributed by atoms with Crippen molar-refractivity contribution in [3.8, 4) is 22.4 Å². The summed E-state index contributed by atoms with van der Waals surface area (Å²) in [5, 5.41) is 4.22. The fraction of sp³-hybridized carbons (Fsp3) is 0.296. The number of aryl methyl sites for hydroxylation is 1. The van der Waals surface area contributed by atoms with Gasteiger partial charge in [-0.2, -0.15) is 5.10 Å². The second kappa shape index (κ2) is 9.66. The number of carbonyl (C=O) groups excluding carboxylic acids is 1. The van der Waals surface area contributed by atoms with Crippen molar-refractivity contribution in [2.75, 3.05) is 32.1 Å². The molecule has 0 saturated carbocycles. The molecule has 0 spiro atoms. The van der Waals surface area contributed by atoms with Gasteiger partial charge in [0.05, 0.1) is 17.6 Å². The van der Waals surface area contributed by atoms with Gasteiger partial charge in [-0.15, -0.1) is 0 Å².